The molecule has 4 N–H and O–H groups in total. The average molecular weight is 393 g/mol. The van der Waals surface area contributed by atoms with Gasteiger partial charge < -0.3 is 10.6 Å². The van der Waals surface area contributed by atoms with Gasteiger partial charge in [-0.15, -0.1) is 0 Å². The maximum absolute atomic E-state index is 11.3. The van der Waals surface area contributed by atoms with Crippen molar-refractivity contribution in [2.75, 3.05) is 10.6 Å². The van der Waals surface area contributed by atoms with Gasteiger partial charge in [0.2, 0.25) is 10.0 Å². The van der Waals surface area contributed by atoms with Crippen molar-refractivity contribution in [2.45, 2.75) is 4.90 Å². The van der Waals surface area contributed by atoms with Crippen LogP contribution in [0.2, 0.25) is 5.02 Å². The third-order valence-corrected chi connectivity index (χ3v) is 4.76. The summed E-state index contributed by atoms with van der Waals surface area (Å²) in [6.45, 7) is 0. The fourth-order valence-corrected chi connectivity index (χ4v) is 3.15. The summed E-state index contributed by atoms with van der Waals surface area (Å²) in [7, 11) is -3.72. The number of nitrogens with one attached hydrogen (secondary N) is 2. The molecule has 3 aromatic rings. The van der Waals surface area contributed by atoms with Gasteiger partial charge >= 0.3 is 0 Å². The molecule has 0 amide bonds. The number of primary sulfonamides is 1. The number of benzene rings is 2. The molecule has 0 aliphatic rings. The second kappa shape index (κ2) is 6.93. The molecular formula is C16H13ClN4O2S2. The van der Waals surface area contributed by atoms with E-state index in [-0.39, 0.29) is 4.90 Å². The predicted octanol–water partition coefficient (Wildman–Crippen LogP) is 3.34. The van der Waals surface area contributed by atoms with Crippen LogP contribution >= 0.6 is 23.8 Å². The molecule has 0 aliphatic carbocycles. The summed E-state index contributed by atoms with van der Waals surface area (Å²) in [4.78, 5) is 4.31. The van der Waals surface area contributed by atoms with Gasteiger partial charge in [-0.1, -0.05) is 11.6 Å². The SMILES string of the molecule is NS(=O)(=O)c1ccc(NC(=S)Nc2ccnc3cc(Cl)ccc23)cc1. The minimum atomic E-state index is -3.72. The van der Waals surface area contributed by atoms with Crippen molar-refractivity contribution in [2.24, 2.45) is 5.14 Å². The average Bonchev–Trinajstić information content (AvgIpc) is 2.54. The Morgan fingerprint density at radius 2 is 1.80 bits per heavy atom. The Balaban J connectivity index is 1.77. The highest BCUT2D eigenvalue weighted by atomic mass is 35.5. The van der Waals surface area contributed by atoms with E-state index < -0.39 is 10.0 Å². The van der Waals surface area contributed by atoms with Crippen LogP contribution in [0.4, 0.5) is 11.4 Å². The lowest BCUT2D eigenvalue weighted by Crippen LogP contribution is -2.19. The first kappa shape index (κ1) is 17.6. The van der Waals surface area contributed by atoms with Gasteiger partial charge in [-0.25, -0.2) is 13.6 Å². The number of pyridine rings is 1. The fraction of sp³-hybridized carbons (Fsp3) is 0. The Kier molecular flexibility index (Phi) is 4.87. The third kappa shape index (κ3) is 4.23. The van der Waals surface area contributed by atoms with Crippen molar-refractivity contribution < 1.29 is 8.42 Å². The monoisotopic (exact) mass is 392 g/mol. The summed E-state index contributed by atoms with van der Waals surface area (Å²) in [6, 6.07) is 13.2. The first-order valence-electron chi connectivity index (χ1n) is 7.08. The maximum atomic E-state index is 11.3. The zero-order valence-corrected chi connectivity index (χ0v) is 15.1. The Morgan fingerprint density at radius 1 is 1.08 bits per heavy atom. The summed E-state index contributed by atoms with van der Waals surface area (Å²) in [5, 5.41) is 13.0. The molecule has 25 heavy (non-hydrogen) atoms. The first-order valence-corrected chi connectivity index (χ1v) is 9.41. The Labute approximate surface area is 155 Å². The lowest BCUT2D eigenvalue weighted by molar-refractivity contribution is 0.598. The summed E-state index contributed by atoms with van der Waals surface area (Å²) in [5.74, 6) is 0. The summed E-state index contributed by atoms with van der Waals surface area (Å²) in [6.07, 6.45) is 1.66. The summed E-state index contributed by atoms with van der Waals surface area (Å²) < 4.78 is 22.5. The second-order valence-electron chi connectivity index (χ2n) is 5.17. The van der Waals surface area contributed by atoms with Crippen molar-refractivity contribution in [3.8, 4) is 0 Å². The van der Waals surface area contributed by atoms with E-state index in [4.69, 9.17) is 29.0 Å². The van der Waals surface area contributed by atoms with Crippen molar-refractivity contribution >= 4 is 61.2 Å². The largest absolute Gasteiger partial charge is 0.332 e. The van der Waals surface area contributed by atoms with Gasteiger partial charge in [0.15, 0.2) is 5.11 Å². The van der Waals surface area contributed by atoms with Gasteiger partial charge in [-0.3, -0.25) is 4.98 Å². The maximum Gasteiger partial charge on any atom is 0.238 e. The quantitative estimate of drug-likeness (QED) is 0.591. The van der Waals surface area contributed by atoms with Crippen LogP contribution in [-0.2, 0) is 10.0 Å². The van der Waals surface area contributed by atoms with Gasteiger partial charge in [-0.2, -0.15) is 0 Å². The topological polar surface area (TPSA) is 97.1 Å². The van der Waals surface area contributed by atoms with Gasteiger partial charge in [-0.05, 0) is 60.7 Å². The molecule has 128 valence electrons. The minimum Gasteiger partial charge on any atom is -0.332 e. The van der Waals surface area contributed by atoms with Crippen molar-refractivity contribution in [1.82, 2.24) is 4.98 Å². The lowest BCUT2D eigenvalue weighted by Gasteiger charge is -2.12. The number of rotatable bonds is 3. The molecule has 0 atom stereocenters. The highest BCUT2D eigenvalue weighted by molar-refractivity contribution is 7.89. The molecule has 0 saturated carbocycles. The van der Waals surface area contributed by atoms with Crippen LogP contribution in [0.1, 0.15) is 0 Å². The summed E-state index contributed by atoms with van der Waals surface area (Å²) in [5.41, 5.74) is 2.16. The van der Waals surface area contributed by atoms with E-state index in [9.17, 15) is 8.42 Å². The van der Waals surface area contributed by atoms with E-state index in [0.717, 1.165) is 16.6 Å². The molecule has 9 heteroatoms. The number of nitrogens with zero attached hydrogens (tertiary/aromatic N) is 1. The normalized spacial score (nSPS) is 11.3. The first-order chi connectivity index (χ1) is 11.8. The van der Waals surface area contributed by atoms with Crippen molar-refractivity contribution in [1.29, 1.82) is 0 Å². The molecule has 1 heterocycles. The van der Waals surface area contributed by atoms with Gasteiger partial charge in [0.05, 0.1) is 16.1 Å². The molecule has 0 fully saturated rings. The zero-order valence-electron chi connectivity index (χ0n) is 12.7. The van der Waals surface area contributed by atoms with E-state index in [2.05, 4.69) is 15.6 Å². The molecule has 0 unspecified atom stereocenters. The number of anilines is 2. The fourth-order valence-electron chi connectivity index (χ4n) is 2.24. The van der Waals surface area contributed by atoms with E-state index in [1.165, 1.54) is 12.1 Å². The van der Waals surface area contributed by atoms with Crippen molar-refractivity contribution in [3.63, 3.8) is 0 Å². The molecule has 0 spiro atoms. The molecule has 0 radical (unpaired) electrons. The number of halogens is 1. The van der Waals surface area contributed by atoms with Crippen molar-refractivity contribution in [3.05, 3.63) is 59.8 Å². The lowest BCUT2D eigenvalue weighted by atomic mass is 10.2. The Morgan fingerprint density at radius 3 is 2.48 bits per heavy atom. The number of hydrogen-bond donors (Lipinski definition) is 3. The minimum absolute atomic E-state index is 0.0361. The number of nitrogens with two attached hydrogens (primary N) is 1. The van der Waals surface area contributed by atoms with Crippen LogP contribution in [0.5, 0.6) is 0 Å². The van der Waals surface area contributed by atoms with Gasteiger partial charge in [0, 0.05) is 22.3 Å². The van der Waals surface area contributed by atoms with Crippen LogP contribution in [0.25, 0.3) is 10.9 Å². The Hall–Kier alpha value is -2.26. The molecule has 6 nitrogen and oxygen atoms in total. The molecule has 1 aromatic heterocycles. The van der Waals surface area contributed by atoms with E-state index in [0.29, 0.717) is 15.8 Å². The van der Waals surface area contributed by atoms with Crippen LogP contribution < -0.4 is 15.8 Å². The van der Waals surface area contributed by atoms with Crippen LogP contribution in [0.3, 0.4) is 0 Å². The standard InChI is InChI=1S/C16H13ClN4O2S2/c17-10-1-6-13-14(7-8-19-15(13)9-10)21-16(24)20-11-2-4-12(5-3-11)25(18,22)23/h1-9H,(H2,18,22,23)(H2,19,20,21,24). The second-order valence-corrected chi connectivity index (χ2v) is 7.57. The molecule has 0 bridgehead atoms. The zero-order chi connectivity index (χ0) is 18.0. The predicted molar refractivity (Wildman–Crippen MR) is 104 cm³/mol. The highest BCUT2D eigenvalue weighted by Gasteiger charge is 2.08. The van der Waals surface area contributed by atoms with Crippen LogP contribution in [0.15, 0.2) is 59.6 Å². The number of thiocarbonyl (C=S) groups is 1. The number of sulfonamides is 1. The Bertz CT molecular complexity index is 1050. The van der Waals surface area contributed by atoms with E-state index >= 15 is 0 Å². The smallest absolute Gasteiger partial charge is 0.238 e. The molecular weight excluding hydrogens is 380 g/mol. The van der Waals surface area contributed by atoms with Gasteiger partial charge in [0.25, 0.3) is 0 Å². The number of fused-ring (bicyclic) bond motifs is 1. The van der Waals surface area contributed by atoms with E-state index in [1.807, 2.05) is 6.07 Å². The van der Waals surface area contributed by atoms with E-state index in [1.54, 1.807) is 36.5 Å². The molecule has 0 saturated heterocycles. The molecule has 3 rings (SSSR count). The van der Waals surface area contributed by atoms with Crippen LogP contribution in [-0.4, -0.2) is 18.5 Å². The molecule has 2 aromatic carbocycles. The molecule has 0 aliphatic heterocycles. The van der Waals surface area contributed by atoms with Gasteiger partial charge in [0.1, 0.15) is 0 Å². The number of aromatic nitrogens is 1. The highest BCUT2D eigenvalue weighted by Crippen LogP contribution is 2.24. The van der Waals surface area contributed by atoms with Crippen LogP contribution in [0, 0.1) is 0 Å². The summed E-state index contributed by atoms with van der Waals surface area (Å²) >= 11 is 11.3. The third-order valence-electron chi connectivity index (χ3n) is 3.39. The number of hydrogen-bond acceptors (Lipinski definition) is 4.